The summed E-state index contributed by atoms with van der Waals surface area (Å²) in [6, 6.07) is 1.64. The van der Waals surface area contributed by atoms with E-state index in [1.165, 1.54) is 0 Å². The Kier molecular flexibility index (Phi) is 2.71. The molecule has 0 aromatic carbocycles. The molecular formula is C12H13N3O3. The second-order valence-electron chi connectivity index (χ2n) is 4.17. The van der Waals surface area contributed by atoms with Crippen LogP contribution in [0.2, 0.25) is 0 Å². The molecule has 94 valence electrons. The maximum Gasteiger partial charge on any atom is 0.195 e. The molecule has 0 saturated carbocycles. The molecule has 1 aliphatic heterocycles. The van der Waals surface area contributed by atoms with Crippen molar-refractivity contribution in [2.24, 2.45) is 0 Å². The van der Waals surface area contributed by atoms with Gasteiger partial charge in [-0.3, -0.25) is 4.79 Å². The monoisotopic (exact) mass is 247 g/mol. The number of hydrogen-bond acceptors (Lipinski definition) is 6. The summed E-state index contributed by atoms with van der Waals surface area (Å²) in [7, 11) is 0. The summed E-state index contributed by atoms with van der Waals surface area (Å²) in [6.07, 6.45) is 0.681. The number of anilines is 1. The van der Waals surface area contributed by atoms with Crippen LogP contribution in [-0.4, -0.2) is 42.6 Å². The summed E-state index contributed by atoms with van der Waals surface area (Å²) < 4.78 is 10.8. The number of carbonyl (C=O) groups excluding carboxylic acids is 1. The number of nitrogens with zero attached hydrogens (tertiary/aromatic N) is 3. The predicted molar refractivity (Wildman–Crippen MR) is 65.0 cm³/mol. The highest BCUT2D eigenvalue weighted by Gasteiger charge is 2.19. The number of ether oxygens (including phenoxy) is 1. The minimum Gasteiger partial charge on any atom is -0.448 e. The normalized spacial score (nSPS) is 16.2. The van der Waals surface area contributed by atoms with Crippen LogP contribution in [0.4, 0.5) is 5.82 Å². The Labute approximate surface area is 104 Å². The Morgan fingerprint density at radius 1 is 1.33 bits per heavy atom. The number of morpholine rings is 1. The van der Waals surface area contributed by atoms with E-state index in [4.69, 9.17) is 9.15 Å². The average Bonchev–Trinajstić information content (AvgIpc) is 2.81. The van der Waals surface area contributed by atoms with Crippen LogP contribution in [0.15, 0.2) is 10.5 Å². The van der Waals surface area contributed by atoms with E-state index >= 15 is 0 Å². The molecule has 0 radical (unpaired) electrons. The fraction of sp³-hybridized carbons (Fsp3) is 0.417. The highest BCUT2D eigenvalue weighted by Crippen LogP contribution is 2.27. The summed E-state index contributed by atoms with van der Waals surface area (Å²) in [4.78, 5) is 21.6. The largest absolute Gasteiger partial charge is 0.448 e. The van der Waals surface area contributed by atoms with Gasteiger partial charge in [-0.1, -0.05) is 0 Å². The zero-order valence-corrected chi connectivity index (χ0v) is 10.0. The van der Waals surface area contributed by atoms with Crippen LogP contribution in [0.5, 0.6) is 0 Å². The third-order valence-corrected chi connectivity index (χ3v) is 2.91. The van der Waals surface area contributed by atoms with Gasteiger partial charge in [0.05, 0.1) is 13.2 Å². The van der Waals surface area contributed by atoms with E-state index in [0.717, 1.165) is 18.9 Å². The molecule has 1 saturated heterocycles. The van der Waals surface area contributed by atoms with E-state index in [1.807, 2.05) is 6.92 Å². The Bertz CT molecular complexity index is 588. The molecule has 2 aromatic rings. The van der Waals surface area contributed by atoms with Gasteiger partial charge < -0.3 is 14.1 Å². The van der Waals surface area contributed by atoms with E-state index in [0.29, 0.717) is 36.4 Å². The van der Waals surface area contributed by atoms with Gasteiger partial charge in [-0.05, 0) is 6.92 Å². The molecule has 3 rings (SSSR count). The van der Waals surface area contributed by atoms with Crippen LogP contribution in [-0.2, 0) is 4.74 Å². The van der Waals surface area contributed by atoms with Crippen LogP contribution in [0.25, 0.3) is 11.1 Å². The molecule has 0 N–H and O–H groups in total. The van der Waals surface area contributed by atoms with Gasteiger partial charge in [0.15, 0.2) is 23.4 Å². The van der Waals surface area contributed by atoms with Gasteiger partial charge in [-0.2, -0.15) is 0 Å². The number of hydrogen-bond donors (Lipinski definition) is 0. The standard InChI is InChI=1S/C12H13N3O3/c1-8-13-10-6-9(7-16)18-11(10)12(14-8)15-2-4-17-5-3-15/h6-7H,2-5H2,1H3. The lowest BCUT2D eigenvalue weighted by Gasteiger charge is -2.27. The molecule has 3 heterocycles. The molecule has 0 bridgehead atoms. The molecule has 0 atom stereocenters. The van der Waals surface area contributed by atoms with Crippen molar-refractivity contribution >= 4 is 23.2 Å². The first-order valence-corrected chi connectivity index (χ1v) is 5.84. The summed E-state index contributed by atoms with van der Waals surface area (Å²) in [6.45, 7) is 4.71. The van der Waals surface area contributed by atoms with Gasteiger partial charge in [0, 0.05) is 19.2 Å². The zero-order chi connectivity index (χ0) is 12.5. The number of rotatable bonds is 2. The van der Waals surface area contributed by atoms with E-state index < -0.39 is 0 Å². The highest BCUT2D eigenvalue weighted by atomic mass is 16.5. The van der Waals surface area contributed by atoms with Crippen molar-refractivity contribution in [1.29, 1.82) is 0 Å². The molecule has 0 amide bonds. The first-order valence-electron chi connectivity index (χ1n) is 5.84. The highest BCUT2D eigenvalue weighted by molar-refractivity contribution is 5.89. The number of fused-ring (bicyclic) bond motifs is 1. The van der Waals surface area contributed by atoms with Crippen LogP contribution in [0, 0.1) is 6.92 Å². The third kappa shape index (κ3) is 1.84. The lowest BCUT2D eigenvalue weighted by molar-refractivity contribution is 0.110. The SMILES string of the molecule is Cc1nc(N2CCOCC2)c2oc(C=O)cc2n1. The van der Waals surface area contributed by atoms with Gasteiger partial charge in [-0.25, -0.2) is 9.97 Å². The molecule has 0 aliphatic carbocycles. The number of aldehydes is 1. The van der Waals surface area contributed by atoms with Crippen molar-refractivity contribution in [2.45, 2.75) is 6.92 Å². The fourth-order valence-corrected chi connectivity index (χ4v) is 2.09. The molecule has 18 heavy (non-hydrogen) atoms. The molecule has 1 aliphatic rings. The molecular weight excluding hydrogens is 234 g/mol. The van der Waals surface area contributed by atoms with Crippen molar-refractivity contribution in [3.63, 3.8) is 0 Å². The van der Waals surface area contributed by atoms with Gasteiger partial charge >= 0.3 is 0 Å². The van der Waals surface area contributed by atoms with Crippen molar-refractivity contribution in [3.05, 3.63) is 17.7 Å². The van der Waals surface area contributed by atoms with Crippen LogP contribution < -0.4 is 4.90 Å². The third-order valence-electron chi connectivity index (χ3n) is 2.91. The van der Waals surface area contributed by atoms with E-state index in [-0.39, 0.29) is 5.76 Å². The molecule has 2 aromatic heterocycles. The van der Waals surface area contributed by atoms with Gasteiger partial charge in [0.1, 0.15) is 11.3 Å². The number of aromatic nitrogens is 2. The maximum absolute atomic E-state index is 10.8. The topological polar surface area (TPSA) is 68.5 Å². The van der Waals surface area contributed by atoms with Crippen molar-refractivity contribution in [1.82, 2.24) is 9.97 Å². The maximum atomic E-state index is 10.8. The summed E-state index contributed by atoms with van der Waals surface area (Å²) in [5.41, 5.74) is 1.25. The Morgan fingerprint density at radius 2 is 2.11 bits per heavy atom. The summed E-state index contributed by atoms with van der Waals surface area (Å²) in [5, 5.41) is 0. The van der Waals surface area contributed by atoms with Gasteiger partial charge in [0.25, 0.3) is 0 Å². The van der Waals surface area contributed by atoms with Crippen molar-refractivity contribution in [2.75, 3.05) is 31.2 Å². The summed E-state index contributed by atoms with van der Waals surface area (Å²) >= 11 is 0. The number of aryl methyl sites for hydroxylation is 1. The first-order chi connectivity index (χ1) is 8.78. The molecule has 1 fully saturated rings. The fourth-order valence-electron chi connectivity index (χ4n) is 2.09. The van der Waals surface area contributed by atoms with Crippen molar-refractivity contribution in [3.8, 4) is 0 Å². The lowest BCUT2D eigenvalue weighted by Crippen LogP contribution is -2.37. The number of carbonyl (C=O) groups is 1. The van der Waals surface area contributed by atoms with Gasteiger partial charge in [0.2, 0.25) is 0 Å². The molecule has 6 heteroatoms. The second-order valence-corrected chi connectivity index (χ2v) is 4.17. The quantitative estimate of drug-likeness (QED) is 0.742. The number of furan rings is 1. The van der Waals surface area contributed by atoms with Crippen LogP contribution >= 0.6 is 0 Å². The molecule has 6 nitrogen and oxygen atoms in total. The summed E-state index contributed by atoms with van der Waals surface area (Å²) in [5.74, 6) is 1.69. The van der Waals surface area contributed by atoms with Crippen LogP contribution in [0.1, 0.15) is 16.4 Å². The smallest absolute Gasteiger partial charge is 0.195 e. The first kappa shape index (κ1) is 11.2. The minimum atomic E-state index is 0.277. The average molecular weight is 247 g/mol. The Hall–Kier alpha value is -1.95. The van der Waals surface area contributed by atoms with Gasteiger partial charge in [-0.15, -0.1) is 0 Å². The van der Waals surface area contributed by atoms with E-state index in [1.54, 1.807) is 6.07 Å². The lowest BCUT2D eigenvalue weighted by atomic mass is 10.3. The van der Waals surface area contributed by atoms with E-state index in [9.17, 15) is 4.79 Å². The van der Waals surface area contributed by atoms with E-state index in [2.05, 4.69) is 14.9 Å². The Balaban J connectivity index is 2.13. The minimum absolute atomic E-state index is 0.277. The Morgan fingerprint density at radius 3 is 2.83 bits per heavy atom. The molecule has 0 unspecified atom stereocenters. The molecule has 0 spiro atoms. The zero-order valence-electron chi connectivity index (χ0n) is 10.0. The van der Waals surface area contributed by atoms with Crippen LogP contribution in [0.3, 0.4) is 0 Å². The predicted octanol–water partition coefficient (Wildman–Crippen LogP) is 1.18. The second kappa shape index (κ2) is 4.38. The van der Waals surface area contributed by atoms with Crippen molar-refractivity contribution < 1.29 is 13.9 Å².